The van der Waals surface area contributed by atoms with Gasteiger partial charge in [0.05, 0.1) is 31.9 Å². The number of methoxy groups -OCH3 is 1. The highest BCUT2D eigenvalue weighted by atomic mass is 16.5. The van der Waals surface area contributed by atoms with Gasteiger partial charge >= 0.3 is 5.97 Å². The van der Waals surface area contributed by atoms with E-state index >= 15 is 0 Å². The predicted molar refractivity (Wildman–Crippen MR) is 118 cm³/mol. The smallest absolute Gasteiger partial charge is 0.340 e. The Labute approximate surface area is 181 Å². The molecule has 162 valence electrons. The summed E-state index contributed by atoms with van der Waals surface area (Å²) in [5, 5.41) is 3.96. The highest BCUT2D eigenvalue weighted by molar-refractivity contribution is 6.04. The van der Waals surface area contributed by atoms with Crippen LogP contribution in [0.3, 0.4) is 0 Å². The van der Waals surface area contributed by atoms with Gasteiger partial charge in [-0.25, -0.2) is 4.79 Å². The van der Waals surface area contributed by atoms with Crippen molar-refractivity contribution < 1.29 is 19.1 Å². The molecular formula is C24H27N3O4. The summed E-state index contributed by atoms with van der Waals surface area (Å²) < 4.78 is 12.1. The van der Waals surface area contributed by atoms with Crippen LogP contribution in [0, 0.1) is 0 Å². The van der Waals surface area contributed by atoms with E-state index in [2.05, 4.69) is 10.2 Å². The summed E-state index contributed by atoms with van der Waals surface area (Å²) in [4.78, 5) is 27.5. The summed E-state index contributed by atoms with van der Waals surface area (Å²) in [6.45, 7) is 3.96. The number of benzene rings is 2. The summed E-state index contributed by atoms with van der Waals surface area (Å²) in [5.41, 5.74) is 2.34. The summed E-state index contributed by atoms with van der Waals surface area (Å²) >= 11 is 0. The lowest BCUT2D eigenvalue weighted by Crippen LogP contribution is -2.43. The van der Waals surface area contributed by atoms with E-state index in [0.717, 1.165) is 36.1 Å². The fraction of sp³-hybridized carbons (Fsp3) is 0.333. The molecule has 0 aliphatic carbocycles. The molecule has 0 spiro atoms. The topological polar surface area (TPSA) is 72.8 Å². The van der Waals surface area contributed by atoms with E-state index in [1.165, 1.54) is 7.11 Å². The standard InChI is InChI=1S/C24H27N3O4/c1-30-24(29)20-15-27(22-10-6-5-9-19(20)22)17-23(28)25-21(18-7-3-2-4-8-18)16-26-11-13-31-14-12-26/h2-10,15,21H,11-14,16-17H2,1H3,(H,25,28)/t21-/m1/s1. The van der Waals surface area contributed by atoms with Crippen molar-refractivity contribution in [3.8, 4) is 0 Å². The molecule has 0 radical (unpaired) electrons. The van der Waals surface area contributed by atoms with Crippen molar-refractivity contribution in [2.75, 3.05) is 40.0 Å². The zero-order valence-electron chi connectivity index (χ0n) is 17.6. The van der Waals surface area contributed by atoms with E-state index in [-0.39, 0.29) is 18.5 Å². The molecule has 7 heteroatoms. The molecule has 1 aromatic heterocycles. The number of fused-ring (bicyclic) bond motifs is 1. The minimum atomic E-state index is -0.412. The first-order valence-corrected chi connectivity index (χ1v) is 10.5. The zero-order valence-corrected chi connectivity index (χ0v) is 17.6. The summed E-state index contributed by atoms with van der Waals surface area (Å²) in [5.74, 6) is -0.524. The van der Waals surface area contributed by atoms with Crippen molar-refractivity contribution in [2.45, 2.75) is 12.6 Å². The van der Waals surface area contributed by atoms with Crippen molar-refractivity contribution in [3.63, 3.8) is 0 Å². The third-order valence-corrected chi connectivity index (χ3v) is 5.59. The third kappa shape index (κ3) is 4.95. The molecule has 0 saturated carbocycles. The van der Waals surface area contributed by atoms with Crippen LogP contribution in [0.2, 0.25) is 0 Å². The van der Waals surface area contributed by atoms with Gasteiger partial charge < -0.3 is 19.4 Å². The van der Waals surface area contributed by atoms with Gasteiger partial charge in [-0.3, -0.25) is 9.69 Å². The van der Waals surface area contributed by atoms with Gasteiger partial charge in [0.15, 0.2) is 0 Å². The Hall–Kier alpha value is -3.16. The maximum absolute atomic E-state index is 13.0. The maximum atomic E-state index is 13.0. The molecule has 31 heavy (non-hydrogen) atoms. The number of carbonyl (C=O) groups is 2. The monoisotopic (exact) mass is 421 g/mol. The highest BCUT2D eigenvalue weighted by Gasteiger charge is 2.21. The second-order valence-corrected chi connectivity index (χ2v) is 7.62. The van der Waals surface area contributed by atoms with Gasteiger partial charge in [-0.1, -0.05) is 48.5 Å². The van der Waals surface area contributed by atoms with Crippen LogP contribution in [0.15, 0.2) is 60.8 Å². The summed E-state index contributed by atoms with van der Waals surface area (Å²) in [6, 6.07) is 17.4. The van der Waals surface area contributed by atoms with Crippen molar-refractivity contribution in [1.29, 1.82) is 0 Å². The molecule has 2 aromatic carbocycles. The van der Waals surface area contributed by atoms with Gasteiger partial charge in [0.25, 0.3) is 0 Å². The van der Waals surface area contributed by atoms with E-state index in [1.807, 2.05) is 54.6 Å². The fourth-order valence-electron chi connectivity index (χ4n) is 4.01. The van der Waals surface area contributed by atoms with E-state index < -0.39 is 5.97 Å². The number of carbonyl (C=O) groups excluding carboxylic acids is 2. The molecule has 1 atom stereocenters. The SMILES string of the molecule is COC(=O)c1cn(CC(=O)N[C@H](CN2CCOCC2)c2ccccc2)c2ccccc12. The number of para-hydroxylation sites is 1. The van der Waals surface area contributed by atoms with Gasteiger partial charge in [-0.15, -0.1) is 0 Å². The number of aromatic nitrogens is 1. The predicted octanol–water partition coefficient (Wildman–Crippen LogP) is 2.62. The number of amides is 1. The minimum absolute atomic E-state index is 0.112. The molecule has 4 rings (SSSR count). The second kappa shape index (κ2) is 9.76. The van der Waals surface area contributed by atoms with Gasteiger partial charge in [0.2, 0.25) is 5.91 Å². The van der Waals surface area contributed by atoms with Crippen LogP contribution < -0.4 is 5.32 Å². The van der Waals surface area contributed by atoms with Crippen LogP contribution in [0.4, 0.5) is 0 Å². The van der Waals surface area contributed by atoms with Crippen LogP contribution in [-0.4, -0.2) is 61.3 Å². The van der Waals surface area contributed by atoms with E-state index in [4.69, 9.17) is 9.47 Å². The quantitative estimate of drug-likeness (QED) is 0.594. The van der Waals surface area contributed by atoms with E-state index in [0.29, 0.717) is 18.8 Å². The van der Waals surface area contributed by atoms with Crippen LogP contribution in [0.1, 0.15) is 22.0 Å². The number of nitrogens with one attached hydrogen (secondary N) is 1. The van der Waals surface area contributed by atoms with E-state index in [9.17, 15) is 9.59 Å². The van der Waals surface area contributed by atoms with Crippen LogP contribution >= 0.6 is 0 Å². The molecule has 1 amide bonds. The molecule has 2 heterocycles. The van der Waals surface area contributed by atoms with Crippen molar-refractivity contribution in [1.82, 2.24) is 14.8 Å². The molecule has 1 aliphatic rings. The molecule has 1 fully saturated rings. The Morgan fingerprint density at radius 1 is 1.06 bits per heavy atom. The molecule has 0 bridgehead atoms. The molecule has 1 saturated heterocycles. The average Bonchev–Trinajstić information content (AvgIpc) is 3.18. The Kier molecular flexibility index (Phi) is 6.64. The Bertz CT molecular complexity index is 1040. The highest BCUT2D eigenvalue weighted by Crippen LogP contribution is 2.22. The number of rotatable bonds is 7. The first kappa shape index (κ1) is 21.1. The number of hydrogen-bond acceptors (Lipinski definition) is 5. The van der Waals surface area contributed by atoms with Gasteiger partial charge in [0, 0.05) is 36.7 Å². The lowest BCUT2D eigenvalue weighted by molar-refractivity contribution is -0.122. The van der Waals surface area contributed by atoms with Gasteiger partial charge in [0.1, 0.15) is 6.54 Å². The number of morpholine rings is 1. The van der Waals surface area contributed by atoms with Crippen molar-refractivity contribution >= 4 is 22.8 Å². The van der Waals surface area contributed by atoms with Crippen LogP contribution in [0.5, 0.6) is 0 Å². The van der Waals surface area contributed by atoms with Crippen molar-refractivity contribution in [2.24, 2.45) is 0 Å². The summed E-state index contributed by atoms with van der Waals surface area (Å²) in [7, 11) is 1.36. The second-order valence-electron chi connectivity index (χ2n) is 7.62. The Balaban J connectivity index is 1.53. The molecule has 0 unspecified atom stereocenters. The van der Waals surface area contributed by atoms with Gasteiger partial charge in [-0.2, -0.15) is 0 Å². The third-order valence-electron chi connectivity index (χ3n) is 5.59. The largest absolute Gasteiger partial charge is 0.465 e. The Morgan fingerprint density at radius 2 is 1.77 bits per heavy atom. The maximum Gasteiger partial charge on any atom is 0.340 e. The normalized spacial score (nSPS) is 15.5. The lowest BCUT2D eigenvalue weighted by Gasteiger charge is -2.31. The number of ether oxygens (including phenoxy) is 2. The summed E-state index contributed by atoms with van der Waals surface area (Å²) in [6.07, 6.45) is 1.69. The fourth-order valence-corrected chi connectivity index (χ4v) is 4.01. The minimum Gasteiger partial charge on any atom is -0.465 e. The molecule has 1 aliphatic heterocycles. The Morgan fingerprint density at radius 3 is 2.52 bits per heavy atom. The zero-order chi connectivity index (χ0) is 21.6. The van der Waals surface area contributed by atoms with Crippen molar-refractivity contribution in [3.05, 3.63) is 71.9 Å². The first-order valence-electron chi connectivity index (χ1n) is 10.5. The number of hydrogen-bond donors (Lipinski definition) is 1. The average molecular weight is 421 g/mol. The van der Waals surface area contributed by atoms with Gasteiger partial charge in [-0.05, 0) is 11.6 Å². The first-order chi connectivity index (χ1) is 15.2. The van der Waals surface area contributed by atoms with Crippen LogP contribution in [-0.2, 0) is 20.8 Å². The van der Waals surface area contributed by atoms with Crippen LogP contribution in [0.25, 0.3) is 10.9 Å². The molecule has 7 nitrogen and oxygen atoms in total. The van der Waals surface area contributed by atoms with E-state index in [1.54, 1.807) is 10.8 Å². The number of esters is 1. The number of nitrogens with zero attached hydrogens (tertiary/aromatic N) is 2. The molecule has 3 aromatic rings. The molecular weight excluding hydrogens is 394 g/mol. The molecule has 1 N–H and O–H groups in total. The lowest BCUT2D eigenvalue weighted by atomic mass is 10.1.